The highest BCUT2D eigenvalue weighted by Gasteiger charge is 2.22. The molecule has 30 heavy (non-hydrogen) atoms. The summed E-state index contributed by atoms with van der Waals surface area (Å²) in [6, 6.07) is 20.2. The number of aromatic nitrogens is 5. The second-order valence-electron chi connectivity index (χ2n) is 6.40. The van der Waals surface area contributed by atoms with Crippen LogP contribution in [0.1, 0.15) is 11.6 Å². The van der Waals surface area contributed by atoms with Crippen molar-refractivity contribution in [2.24, 2.45) is 0 Å². The third-order valence-electron chi connectivity index (χ3n) is 4.31. The molecule has 0 aliphatic heterocycles. The Bertz CT molecular complexity index is 1110. The lowest BCUT2D eigenvalue weighted by Gasteiger charge is -2.17. The van der Waals surface area contributed by atoms with Gasteiger partial charge in [0.15, 0.2) is 0 Å². The third-order valence-corrected chi connectivity index (χ3v) is 5.76. The van der Waals surface area contributed by atoms with Crippen LogP contribution in [0.4, 0.5) is 5.69 Å². The summed E-state index contributed by atoms with van der Waals surface area (Å²) in [5.74, 6) is -0.229. The van der Waals surface area contributed by atoms with Crippen LogP contribution in [-0.4, -0.2) is 31.1 Å². The van der Waals surface area contributed by atoms with Crippen LogP contribution in [0, 0.1) is 0 Å². The fourth-order valence-electron chi connectivity index (χ4n) is 2.86. The molecule has 150 valence electrons. The van der Waals surface area contributed by atoms with Crippen molar-refractivity contribution >= 4 is 35.0 Å². The van der Waals surface area contributed by atoms with E-state index < -0.39 is 6.04 Å². The van der Waals surface area contributed by atoms with Gasteiger partial charge >= 0.3 is 0 Å². The minimum absolute atomic E-state index is 0.229. The number of carbonyl (C=O) groups excluding carboxylic acids is 1. The number of halogens is 1. The quantitative estimate of drug-likeness (QED) is 0.465. The van der Waals surface area contributed by atoms with E-state index in [0.29, 0.717) is 17.1 Å². The van der Waals surface area contributed by atoms with Gasteiger partial charge in [-0.2, -0.15) is 0 Å². The Morgan fingerprint density at radius 3 is 2.63 bits per heavy atom. The summed E-state index contributed by atoms with van der Waals surface area (Å²) in [6.07, 6.45) is 3.63. The van der Waals surface area contributed by atoms with Gasteiger partial charge in [0.05, 0.1) is 5.02 Å². The molecule has 0 spiro atoms. The number of tetrazole rings is 1. The number of nitrogens with zero attached hydrogens (tertiary/aromatic N) is 5. The Kier molecular flexibility index (Phi) is 6.36. The normalized spacial score (nSPS) is 11.8. The molecular weight excluding hydrogens is 420 g/mol. The lowest BCUT2D eigenvalue weighted by molar-refractivity contribution is -0.119. The van der Waals surface area contributed by atoms with E-state index in [0.717, 1.165) is 15.5 Å². The topological polar surface area (TPSA) is 85.6 Å². The zero-order valence-electron chi connectivity index (χ0n) is 15.7. The van der Waals surface area contributed by atoms with Crippen LogP contribution in [0.15, 0.2) is 89.2 Å². The lowest BCUT2D eigenvalue weighted by Crippen LogP contribution is -2.28. The van der Waals surface area contributed by atoms with Gasteiger partial charge in [0, 0.05) is 23.2 Å². The van der Waals surface area contributed by atoms with Crippen LogP contribution >= 0.6 is 23.4 Å². The van der Waals surface area contributed by atoms with Gasteiger partial charge < -0.3 is 5.32 Å². The molecule has 0 fully saturated rings. The fraction of sp³-hybridized carbons (Fsp3) is 0.0952. The first-order valence-corrected chi connectivity index (χ1v) is 10.3. The summed E-state index contributed by atoms with van der Waals surface area (Å²) in [6.45, 7) is 0. The zero-order valence-corrected chi connectivity index (χ0v) is 17.3. The van der Waals surface area contributed by atoms with Crippen LogP contribution in [0.2, 0.25) is 5.02 Å². The maximum Gasteiger partial charge on any atom is 0.249 e. The molecule has 0 aliphatic carbocycles. The molecule has 0 saturated heterocycles. The Morgan fingerprint density at radius 1 is 1.10 bits per heavy atom. The van der Waals surface area contributed by atoms with Gasteiger partial charge in [0.1, 0.15) is 17.4 Å². The molecule has 0 bridgehead atoms. The van der Waals surface area contributed by atoms with E-state index in [4.69, 9.17) is 11.6 Å². The molecule has 0 aliphatic rings. The molecule has 9 heteroatoms. The summed E-state index contributed by atoms with van der Waals surface area (Å²) in [7, 11) is 0. The van der Waals surface area contributed by atoms with Gasteiger partial charge in [0.25, 0.3) is 0 Å². The summed E-state index contributed by atoms with van der Waals surface area (Å²) in [4.78, 5) is 18.2. The number of hydrogen-bond donors (Lipinski definition) is 1. The predicted molar refractivity (Wildman–Crippen MR) is 115 cm³/mol. The van der Waals surface area contributed by atoms with Crippen molar-refractivity contribution in [2.45, 2.75) is 22.4 Å². The predicted octanol–water partition coefficient (Wildman–Crippen LogP) is 4.30. The zero-order chi connectivity index (χ0) is 20.8. The molecule has 1 atom stereocenters. The number of rotatable bonds is 7. The molecular formula is C21H17ClN6OS. The Labute approximate surface area is 182 Å². The first-order chi connectivity index (χ1) is 14.7. The number of carbonyl (C=O) groups is 1. The van der Waals surface area contributed by atoms with Crippen molar-refractivity contribution in [1.82, 2.24) is 25.2 Å². The van der Waals surface area contributed by atoms with E-state index in [9.17, 15) is 4.79 Å². The van der Waals surface area contributed by atoms with Crippen molar-refractivity contribution in [3.8, 4) is 0 Å². The van der Waals surface area contributed by atoms with Gasteiger partial charge in [-0.05, 0) is 46.3 Å². The number of amides is 1. The molecule has 0 saturated carbocycles. The molecule has 1 unspecified atom stereocenters. The van der Waals surface area contributed by atoms with Gasteiger partial charge in [-0.1, -0.05) is 59.8 Å². The van der Waals surface area contributed by atoms with Crippen LogP contribution in [0.25, 0.3) is 0 Å². The van der Waals surface area contributed by atoms with Crippen molar-refractivity contribution in [1.29, 1.82) is 0 Å². The number of nitrogens with one attached hydrogen (secondary N) is 1. The van der Waals surface area contributed by atoms with E-state index in [1.165, 1.54) is 22.8 Å². The first kappa shape index (κ1) is 20.1. The summed E-state index contributed by atoms with van der Waals surface area (Å²) < 4.78 is 1.45. The highest BCUT2D eigenvalue weighted by molar-refractivity contribution is 7.99. The van der Waals surface area contributed by atoms with Gasteiger partial charge in [0.2, 0.25) is 5.91 Å². The van der Waals surface area contributed by atoms with E-state index >= 15 is 0 Å². The Balaban J connectivity index is 1.50. The van der Waals surface area contributed by atoms with E-state index in [1.54, 1.807) is 12.3 Å². The van der Waals surface area contributed by atoms with Crippen molar-refractivity contribution in [2.75, 3.05) is 5.32 Å². The summed E-state index contributed by atoms with van der Waals surface area (Å²) in [5, 5.41) is 15.5. The van der Waals surface area contributed by atoms with Crippen molar-refractivity contribution in [3.63, 3.8) is 0 Å². The second kappa shape index (κ2) is 9.51. The third kappa shape index (κ3) is 5.03. The second-order valence-corrected chi connectivity index (χ2v) is 7.87. The molecule has 4 aromatic rings. The monoisotopic (exact) mass is 436 g/mol. The number of pyridine rings is 1. The molecule has 2 aromatic carbocycles. The molecule has 2 aromatic heterocycles. The largest absolute Gasteiger partial charge is 0.324 e. The van der Waals surface area contributed by atoms with E-state index in [1.807, 2.05) is 60.7 Å². The van der Waals surface area contributed by atoms with Gasteiger partial charge in [-0.15, -0.1) is 5.10 Å². The molecule has 1 N–H and O–H groups in total. The SMILES string of the molecule is O=C(Nc1ccc(Sc2ccccn2)c(Cl)c1)C(Cc1ccccc1)n1cnnn1. The molecule has 0 radical (unpaired) electrons. The Morgan fingerprint density at radius 2 is 1.93 bits per heavy atom. The average Bonchev–Trinajstić information content (AvgIpc) is 3.30. The first-order valence-electron chi connectivity index (χ1n) is 9.15. The van der Waals surface area contributed by atoms with E-state index in [-0.39, 0.29) is 5.91 Å². The Hall–Kier alpha value is -3.23. The van der Waals surface area contributed by atoms with Crippen molar-refractivity contribution < 1.29 is 4.79 Å². The minimum Gasteiger partial charge on any atom is -0.324 e. The summed E-state index contributed by atoms with van der Waals surface area (Å²) >= 11 is 7.90. The highest BCUT2D eigenvalue weighted by atomic mass is 35.5. The maximum atomic E-state index is 13.0. The highest BCUT2D eigenvalue weighted by Crippen LogP contribution is 2.34. The number of benzene rings is 2. The van der Waals surface area contributed by atoms with Gasteiger partial charge in [-0.3, -0.25) is 4.79 Å². The number of hydrogen-bond acceptors (Lipinski definition) is 6. The van der Waals surface area contributed by atoms with Crippen LogP contribution in [0.3, 0.4) is 0 Å². The van der Waals surface area contributed by atoms with Crippen LogP contribution < -0.4 is 5.32 Å². The standard InChI is InChI=1S/C21H17ClN6OS/c22-17-13-16(9-10-19(17)30-20-8-4-5-11-23-20)25-21(29)18(28-14-24-26-27-28)12-15-6-2-1-3-7-15/h1-11,13-14,18H,12H2,(H,25,29). The van der Waals surface area contributed by atoms with Crippen LogP contribution in [0.5, 0.6) is 0 Å². The number of anilines is 1. The van der Waals surface area contributed by atoms with Crippen LogP contribution in [-0.2, 0) is 11.2 Å². The molecule has 4 rings (SSSR count). The molecule has 2 heterocycles. The van der Waals surface area contributed by atoms with E-state index in [2.05, 4.69) is 25.8 Å². The van der Waals surface area contributed by atoms with Crippen molar-refractivity contribution in [3.05, 3.63) is 89.8 Å². The smallest absolute Gasteiger partial charge is 0.249 e. The molecule has 1 amide bonds. The summed E-state index contributed by atoms with van der Waals surface area (Å²) in [5.41, 5.74) is 1.61. The lowest BCUT2D eigenvalue weighted by atomic mass is 10.1. The average molecular weight is 437 g/mol. The molecule has 7 nitrogen and oxygen atoms in total. The van der Waals surface area contributed by atoms with Gasteiger partial charge in [-0.25, -0.2) is 9.67 Å². The maximum absolute atomic E-state index is 13.0. The fourth-order valence-corrected chi connectivity index (χ4v) is 3.94. The minimum atomic E-state index is -0.594.